The summed E-state index contributed by atoms with van der Waals surface area (Å²) in [6.07, 6.45) is 0.107. The Morgan fingerprint density at radius 1 is 1.04 bits per heavy atom. The molecule has 2 rings (SSSR count). The number of aryl methyl sites for hydroxylation is 2. The second-order valence-electron chi connectivity index (χ2n) is 6.46. The van der Waals surface area contributed by atoms with E-state index >= 15 is 0 Å². The highest BCUT2D eigenvalue weighted by Gasteiger charge is 2.31. The van der Waals surface area contributed by atoms with Crippen LogP contribution in [0.2, 0.25) is 0 Å². The van der Waals surface area contributed by atoms with Crippen LogP contribution in [0, 0.1) is 13.8 Å². The lowest BCUT2D eigenvalue weighted by atomic mass is 10.1. The molecule has 0 saturated heterocycles. The van der Waals surface area contributed by atoms with Gasteiger partial charge in [-0.25, -0.2) is 0 Å². The first kappa shape index (κ1) is 20.3. The summed E-state index contributed by atoms with van der Waals surface area (Å²) in [7, 11) is 0. The molecule has 4 nitrogen and oxygen atoms in total. The second-order valence-corrected chi connectivity index (χ2v) is 6.46. The van der Waals surface area contributed by atoms with Crippen LogP contribution in [-0.2, 0) is 19.3 Å². The Morgan fingerprint density at radius 2 is 1.73 bits per heavy atom. The number of aromatic nitrogens is 2. The Labute approximate surface area is 152 Å². The molecule has 0 spiro atoms. The van der Waals surface area contributed by atoms with Crippen LogP contribution in [0.15, 0.2) is 30.6 Å². The maximum absolute atomic E-state index is 12.8. The molecular formula is C19H25F3N4. The largest absolute Gasteiger partial charge is 0.417 e. The second kappa shape index (κ2) is 9.09. The number of nitrogens with two attached hydrogens (primary N) is 1. The number of halogens is 3. The topological polar surface area (TPSA) is 55.0 Å². The van der Waals surface area contributed by atoms with Gasteiger partial charge < -0.3 is 5.73 Å². The Balaban J connectivity index is 2.16. The molecule has 2 aromatic heterocycles. The van der Waals surface area contributed by atoms with E-state index in [2.05, 4.69) is 14.9 Å². The molecule has 0 aliphatic rings. The number of alkyl halides is 3. The minimum Gasteiger partial charge on any atom is -0.330 e. The van der Waals surface area contributed by atoms with Crippen LogP contribution in [0.3, 0.4) is 0 Å². The van der Waals surface area contributed by atoms with Crippen molar-refractivity contribution in [3.63, 3.8) is 0 Å². The van der Waals surface area contributed by atoms with E-state index in [-0.39, 0.29) is 0 Å². The van der Waals surface area contributed by atoms with E-state index in [0.717, 1.165) is 42.9 Å². The number of hydrogen-bond acceptors (Lipinski definition) is 4. The van der Waals surface area contributed by atoms with E-state index < -0.39 is 11.7 Å². The third-order valence-corrected chi connectivity index (χ3v) is 4.31. The average molecular weight is 366 g/mol. The first-order valence-electron chi connectivity index (χ1n) is 8.67. The fourth-order valence-corrected chi connectivity index (χ4v) is 2.72. The molecular weight excluding hydrogens is 341 g/mol. The number of hydrogen-bond donors (Lipinski definition) is 1. The van der Waals surface area contributed by atoms with Crippen molar-refractivity contribution in [3.8, 4) is 0 Å². The highest BCUT2D eigenvalue weighted by molar-refractivity contribution is 5.26. The Kier molecular flexibility index (Phi) is 7.11. The molecule has 26 heavy (non-hydrogen) atoms. The van der Waals surface area contributed by atoms with E-state index in [1.807, 2.05) is 19.1 Å². The van der Waals surface area contributed by atoms with E-state index in [9.17, 15) is 13.2 Å². The Bertz CT molecular complexity index is 716. The van der Waals surface area contributed by atoms with E-state index in [4.69, 9.17) is 5.73 Å². The first-order valence-corrected chi connectivity index (χ1v) is 8.67. The van der Waals surface area contributed by atoms with Gasteiger partial charge in [0, 0.05) is 25.5 Å². The molecule has 0 aromatic carbocycles. The normalized spacial score (nSPS) is 12.0. The highest BCUT2D eigenvalue weighted by atomic mass is 19.4. The van der Waals surface area contributed by atoms with Gasteiger partial charge in [0.15, 0.2) is 0 Å². The fourth-order valence-electron chi connectivity index (χ4n) is 2.72. The summed E-state index contributed by atoms with van der Waals surface area (Å²) in [6, 6.07) is 5.05. The van der Waals surface area contributed by atoms with Gasteiger partial charge in [-0.1, -0.05) is 6.07 Å². The summed E-state index contributed by atoms with van der Waals surface area (Å²) in [5.74, 6) is 0. The van der Waals surface area contributed by atoms with Crippen molar-refractivity contribution in [1.82, 2.24) is 14.9 Å². The van der Waals surface area contributed by atoms with Crippen LogP contribution in [0.25, 0.3) is 0 Å². The summed E-state index contributed by atoms with van der Waals surface area (Å²) in [4.78, 5) is 10.7. The quantitative estimate of drug-likeness (QED) is 0.721. The summed E-state index contributed by atoms with van der Waals surface area (Å²) in [5.41, 5.74) is 8.11. The third-order valence-electron chi connectivity index (χ3n) is 4.31. The van der Waals surface area contributed by atoms with Gasteiger partial charge in [-0.3, -0.25) is 14.9 Å². The fraction of sp³-hybridized carbons (Fsp3) is 0.474. The Morgan fingerprint density at radius 3 is 2.31 bits per heavy atom. The molecule has 0 aliphatic heterocycles. The van der Waals surface area contributed by atoms with Crippen LogP contribution in [0.4, 0.5) is 13.2 Å². The van der Waals surface area contributed by atoms with Crippen molar-refractivity contribution >= 4 is 0 Å². The summed E-state index contributed by atoms with van der Waals surface area (Å²) in [6.45, 7) is 6.18. The van der Waals surface area contributed by atoms with Crippen LogP contribution in [0.5, 0.6) is 0 Å². The van der Waals surface area contributed by atoms with Gasteiger partial charge in [-0.2, -0.15) is 13.2 Å². The first-order chi connectivity index (χ1) is 12.3. The molecule has 0 aliphatic carbocycles. The minimum absolute atomic E-state index is 0.477. The molecule has 0 bridgehead atoms. The van der Waals surface area contributed by atoms with Gasteiger partial charge in [-0.05, 0) is 63.0 Å². The lowest BCUT2D eigenvalue weighted by molar-refractivity contribution is -0.137. The zero-order valence-electron chi connectivity index (χ0n) is 15.2. The highest BCUT2D eigenvalue weighted by Crippen LogP contribution is 2.29. The van der Waals surface area contributed by atoms with Crippen LogP contribution >= 0.6 is 0 Å². The molecule has 0 atom stereocenters. The number of rotatable bonds is 8. The van der Waals surface area contributed by atoms with Crippen LogP contribution in [-0.4, -0.2) is 28.0 Å². The van der Waals surface area contributed by atoms with Crippen LogP contribution in [0.1, 0.15) is 40.9 Å². The molecule has 2 aromatic rings. The van der Waals surface area contributed by atoms with Crippen molar-refractivity contribution in [2.45, 2.75) is 46.0 Å². The number of unbranched alkanes of at least 4 members (excludes halogenated alkanes) is 1. The maximum atomic E-state index is 12.8. The zero-order chi connectivity index (χ0) is 19.2. The Hall–Kier alpha value is -1.99. The van der Waals surface area contributed by atoms with Gasteiger partial charge in [0.2, 0.25) is 0 Å². The van der Waals surface area contributed by atoms with Crippen molar-refractivity contribution in [3.05, 3.63) is 58.7 Å². The molecule has 142 valence electrons. The standard InChI is InChI=1S/C19H25F3N4/c1-14-6-5-8-24-17(14)12-26(9-4-3-7-23)13-18-15(2)10-16(11-25-18)19(20,21)22/h5-6,8,10-11H,3-4,7,9,12-13,23H2,1-2H3. The average Bonchev–Trinajstić information content (AvgIpc) is 2.57. The summed E-state index contributed by atoms with van der Waals surface area (Å²) >= 11 is 0. The van der Waals surface area contributed by atoms with Gasteiger partial charge >= 0.3 is 6.18 Å². The number of pyridine rings is 2. The molecule has 2 heterocycles. The summed E-state index contributed by atoms with van der Waals surface area (Å²) < 4.78 is 38.5. The SMILES string of the molecule is Cc1cccnc1CN(CCCCN)Cc1ncc(C(F)(F)F)cc1C. The molecule has 0 fully saturated rings. The smallest absolute Gasteiger partial charge is 0.330 e. The molecule has 0 amide bonds. The van der Waals surface area contributed by atoms with Gasteiger partial charge in [-0.15, -0.1) is 0 Å². The molecule has 0 saturated carbocycles. The van der Waals surface area contributed by atoms with Gasteiger partial charge in [0.25, 0.3) is 0 Å². The molecule has 7 heteroatoms. The summed E-state index contributed by atoms with van der Waals surface area (Å²) in [5, 5.41) is 0. The molecule has 0 unspecified atom stereocenters. The lowest BCUT2D eigenvalue weighted by Gasteiger charge is -2.23. The van der Waals surface area contributed by atoms with Crippen molar-refractivity contribution in [2.24, 2.45) is 5.73 Å². The monoisotopic (exact) mass is 366 g/mol. The lowest BCUT2D eigenvalue weighted by Crippen LogP contribution is -2.26. The van der Waals surface area contributed by atoms with E-state index in [1.54, 1.807) is 13.1 Å². The van der Waals surface area contributed by atoms with Crippen molar-refractivity contribution in [2.75, 3.05) is 13.1 Å². The third kappa shape index (κ3) is 5.78. The van der Waals surface area contributed by atoms with E-state index in [1.165, 1.54) is 0 Å². The van der Waals surface area contributed by atoms with Crippen LogP contribution < -0.4 is 5.73 Å². The molecule has 2 N–H and O–H groups in total. The van der Waals surface area contributed by atoms with E-state index in [0.29, 0.717) is 30.9 Å². The van der Waals surface area contributed by atoms with Crippen molar-refractivity contribution in [1.29, 1.82) is 0 Å². The van der Waals surface area contributed by atoms with Crippen molar-refractivity contribution < 1.29 is 13.2 Å². The predicted molar refractivity (Wildman–Crippen MR) is 95.4 cm³/mol. The maximum Gasteiger partial charge on any atom is 0.417 e. The minimum atomic E-state index is -4.37. The van der Waals surface area contributed by atoms with Gasteiger partial charge in [0.1, 0.15) is 0 Å². The zero-order valence-corrected chi connectivity index (χ0v) is 15.2. The number of nitrogens with zero attached hydrogens (tertiary/aromatic N) is 3. The van der Waals surface area contributed by atoms with Gasteiger partial charge in [0.05, 0.1) is 17.0 Å². The molecule has 0 radical (unpaired) electrons. The predicted octanol–water partition coefficient (Wildman–Crippen LogP) is 3.85.